The third kappa shape index (κ3) is 4.56. The lowest BCUT2D eigenvalue weighted by Gasteiger charge is -2.21. The molecule has 0 saturated carbocycles. The van der Waals surface area contributed by atoms with E-state index in [2.05, 4.69) is 5.32 Å². The summed E-state index contributed by atoms with van der Waals surface area (Å²) in [6, 6.07) is 0. The lowest BCUT2D eigenvalue weighted by atomic mass is 9.88. The van der Waals surface area contributed by atoms with Gasteiger partial charge in [-0.1, -0.05) is 6.92 Å². The van der Waals surface area contributed by atoms with Gasteiger partial charge in [-0.25, -0.2) is 0 Å². The summed E-state index contributed by atoms with van der Waals surface area (Å²) >= 11 is 11.2. The van der Waals surface area contributed by atoms with Gasteiger partial charge < -0.3 is 10.1 Å². The van der Waals surface area contributed by atoms with Crippen LogP contribution in [0, 0.1) is 13.8 Å². The number of hydrogen-bond acceptors (Lipinski definition) is 4. The number of nitrogens with one attached hydrogen (secondary N) is 1. The Kier molecular flexibility index (Phi) is 7.87. The lowest BCUT2D eigenvalue weighted by molar-refractivity contribution is -0.120. The number of rotatable bonds is 8. The highest BCUT2D eigenvalue weighted by Crippen LogP contribution is 2.33. The van der Waals surface area contributed by atoms with E-state index in [1.165, 1.54) is 6.92 Å². The molecule has 1 amide bonds. The van der Waals surface area contributed by atoms with Gasteiger partial charge in [0, 0.05) is 22.7 Å². The summed E-state index contributed by atoms with van der Waals surface area (Å²) in [6.45, 7) is 6.78. The zero-order chi connectivity index (χ0) is 18.4. The number of ether oxygens (including phenoxy) is 1. The number of halogens is 2. The highest BCUT2D eigenvalue weighted by Gasteiger charge is 2.24. The second kappa shape index (κ2) is 9.16. The number of carbonyl (C=O) groups excluding carboxylic acids is 3. The average Bonchev–Trinajstić information content (AvgIpc) is 2.49. The van der Waals surface area contributed by atoms with Crippen molar-refractivity contribution in [2.45, 2.75) is 34.1 Å². The number of anilines is 1. The molecule has 1 aromatic carbocycles. The van der Waals surface area contributed by atoms with Gasteiger partial charge in [-0.2, -0.15) is 0 Å². The molecule has 0 radical (unpaired) electrons. The molecule has 0 saturated heterocycles. The lowest BCUT2D eigenvalue weighted by Crippen LogP contribution is -2.22. The van der Waals surface area contributed by atoms with Gasteiger partial charge in [-0.15, -0.1) is 11.6 Å². The second-order valence-electron chi connectivity index (χ2n) is 5.33. The van der Waals surface area contributed by atoms with E-state index in [9.17, 15) is 14.4 Å². The van der Waals surface area contributed by atoms with E-state index in [0.29, 0.717) is 34.4 Å². The predicted molar refractivity (Wildman–Crippen MR) is 95.7 cm³/mol. The van der Waals surface area contributed by atoms with Gasteiger partial charge in [0.15, 0.2) is 5.78 Å². The number of Topliss-reactive ketones (excluding diaryl/α,β-unsaturated/α-hetero) is 1. The molecule has 0 heterocycles. The summed E-state index contributed by atoms with van der Waals surface area (Å²) in [5, 5.41) is 2.07. The maximum atomic E-state index is 12.1. The summed E-state index contributed by atoms with van der Waals surface area (Å²) in [6.07, 6.45) is 0.519. The van der Waals surface area contributed by atoms with Crippen LogP contribution in [0.4, 0.5) is 5.69 Å². The van der Waals surface area contributed by atoms with Crippen molar-refractivity contribution in [3.63, 3.8) is 0 Å². The van der Waals surface area contributed by atoms with E-state index >= 15 is 0 Å². The number of hydrogen-bond donors (Lipinski definition) is 1. The molecule has 132 valence electrons. The molecule has 0 fully saturated rings. The van der Waals surface area contributed by atoms with Crippen molar-refractivity contribution in [2.75, 3.05) is 24.4 Å². The molecule has 0 aliphatic carbocycles. The summed E-state index contributed by atoms with van der Waals surface area (Å²) in [7, 11) is 0. The van der Waals surface area contributed by atoms with Crippen molar-refractivity contribution in [3.05, 3.63) is 27.8 Å². The van der Waals surface area contributed by atoms with E-state index in [4.69, 9.17) is 27.9 Å². The van der Waals surface area contributed by atoms with Crippen molar-refractivity contribution < 1.29 is 19.1 Å². The third-order valence-electron chi connectivity index (χ3n) is 3.72. The van der Waals surface area contributed by atoms with Crippen LogP contribution in [0.3, 0.4) is 0 Å². The minimum Gasteiger partial charge on any atom is -0.370 e. The standard InChI is InChI=1S/C17H21Cl2NO4/c1-5-12-15(11(4)21)9(2)14(17(19)23)10(3)16(12)20-13(22)8-24-7-6-18/h5-8H2,1-4H3,(H,20,22). The molecule has 1 aromatic rings. The van der Waals surface area contributed by atoms with Crippen LogP contribution >= 0.6 is 23.2 Å². The Morgan fingerprint density at radius 2 is 1.75 bits per heavy atom. The highest BCUT2D eigenvalue weighted by atomic mass is 35.5. The molecule has 0 aliphatic heterocycles. The molecular weight excluding hydrogens is 353 g/mol. The van der Waals surface area contributed by atoms with Crippen LogP contribution in [0.15, 0.2) is 0 Å². The molecule has 1 N–H and O–H groups in total. The molecule has 0 aliphatic rings. The number of amides is 1. The topological polar surface area (TPSA) is 72.5 Å². The van der Waals surface area contributed by atoms with Gasteiger partial charge >= 0.3 is 0 Å². The molecule has 1 rings (SSSR count). The first-order valence-corrected chi connectivity index (χ1v) is 8.47. The first-order chi connectivity index (χ1) is 11.3. The van der Waals surface area contributed by atoms with Crippen molar-refractivity contribution in [3.8, 4) is 0 Å². The van der Waals surface area contributed by atoms with E-state index in [-0.39, 0.29) is 36.3 Å². The molecule has 0 aromatic heterocycles. The molecule has 0 unspecified atom stereocenters. The van der Waals surface area contributed by atoms with Crippen LogP contribution in [0.2, 0.25) is 0 Å². The van der Waals surface area contributed by atoms with E-state index in [1.54, 1.807) is 13.8 Å². The first kappa shape index (κ1) is 20.6. The van der Waals surface area contributed by atoms with Crippen LogP contribution in [0.1, 0.15) is 51.3 Å². The minimum absolute atomic E-state index is 0.164. The molecule has 0 spiro atoms. The number of ketones is 1. The summed E-state index contributed by atoms with van der Waals surface area (Å²) in [4.78, 5) is 36.0. The molecule has 0 atom stereocenters. The number of benzene rings is 1. The monoisotopic (exact) mass is 373 g/mol. The van der Waals surface area contributed by atoms with Gasteiger partial charge in [-0.3, -0.25) is 14.4 Å². The van der Waals surface area contributed by atoms with E-state index in [0.717, 1.165) is 0 Å². The summed E-state index contributed by atoms with van der Waals surface area (Å²) in [5.41, 5.74) is 2.87. The Labute approximate surface area is 151 Å². The summed E-state index contributed by atoms with van der Waals surface area (Å²) < 4.78 is 5.11. The van der Waals surface area contributed by atoms with E-state index < -0.39 is 5.24 Å². The molecule has 0 bridgehead atoms. The van der Waals surface area contributed by atoms with Crippen LogP contribution < -0.4 is 5.32 Å². The maximum Gasteiger partial charge on any atom is 0.253 e. The molecule has 7 heteroatoms. The normalized spacial score (nSPS) is 10.6. The Balaban J connectivity index is 3.44. The average molecular weight is 374 g/mol. The molecular formula is C17H21Cl2NO4. The quantitative estimate of drug-likeness (QED) is 0.326. The van der Waals surface area contributed by atoms with Gasteiger partial charge in [0.05, 0.1) is 6.61 Å². The fourth-order valence-corrected chi connectivity index (χ4v) is 3.19. The van der Waals surface area contributed by atoms with Crippen LogP contribution in [-0.2, 0) is 16.0 Å². The van der Waals surface area contributed by atoms with Crippen LogP contribution in [-0.4, -0.2) is 36.0 Å². The third-order valence-corrected chi connectivity index (χ3v) is 4.07. The first-order valence-electron chi connectivity index (χ1n) is 7.56. The number of carbonyl (C=O) groups is 3. The van der Waals surface area contributed by atoms with Gasteiger partial charge in [0.25, 0.3) is 5.24 Å². The fraction of sp³-hybridized carbons (Fsp3) is 0.471. The Hall–Kier alpha value is -1.43. The Morgan fingerprint density at radius 1 is 1.12 bits per heavy atom. The van der Waals surface area contributed by atoms with E-state index in [1.807, 2.05) is 6.92 Å². The minimum atomic E-state index is -0.663. The van der Waals surface area contributed by atoms with Gasteiger partial charge in [0.1, 0.15) is 6.61 Å². The van der Waals surface area contributed by atoms with Gasteiger partial charge in [0.2, 0.25) is 5.91 Å². The number of alkyl halides is 1. The predicted octanol–water partition coefficient (Wildman–Crippen LogP) is 3.64. The fourth-order valence-electron chi connectivity index (χ4n) is 2.80. The second-order valence-corrected chi connectivity index (χ2v) is 6.05. The zero-order valence-corrected chi connectivity index (χ0v) is 15.7. The zero-order valence-electron chi connectivity index (χ0n) is 14.2. The SMILES string of the molecule is CCc1c(NC(=O)COCCCl)c(C)c(C(=O)Cl)c(C)c1C(C)=O. The van der Waals surface area contributed by atoms with Crippen molar-refractivity contribution >= 4 is 45.8 Å². The van der Waals surface area contributed by atoms with Crippen molar-refractivity contribution in [2.24, 2.45) is 0 Å². The van der Waals surface area contributed by atoms with Crippen LogP contribution in [0.5, 0.6) is 0 Å². The largest absolute Gasteiger partial charge is 0.370 e. The maximum absolute atomic E-state index is 12.1. The smallest absolute Gasteiger partial charge is 0.253 e. The summed E-state index contributed by atoms with van der Waals surface area (Å²) in [5.74, 6) is -0.280. The molecule has 24 heavy (non-hydrogen) atoms. The molecule has 5 nitrogen and oxygen atoms in total. The highest BCUT2D eigenvalue weighted by molar-refractivity contribution is 6.68. The Bertz CT molecular complexity index is 671. The van der Waals surface area contributed by atoms with Crippen molar-refractivity contribution in [1.82, 2.24) is 0 Å². The Morgan fingerprint density at radius 3 is 2.21 bits per heavy atom. The van der Waals surface area contributed by atoms with Crippen LogP contribution in [0.25, 0.3) is 0 Å². The van der Waals surface area contributed by atoms with Gasteiger partial charge in [-0.05, 0) is 55.5 Å². The van der Waals surface area contributed by atoms with Crippen molar-refractivity contribution in [1.29, 1.82) is 0 Å².